The summed E-state index contributed by atoms with van der Waals surface area (Å²) in [6, 6.07) is 5.48. The van der Waals surface area contributed by atoms with Gasteiger partial charge < -0.3 is 25.1 Å². The minimum Gasteiger partial charge on any atom is -0.497 e. The maximum absolute atomic E-state index is 6.02. The average molecular weight is 500 g/mol. The lowest BCUT2D eigenvalue weighted by atomic mass is 10.2. The molecular formula is C19H29IN6O2. The molecule has 28 heavy (non-hydrogen) atoms. The first-order valence-corrected chi connectivity index (χ1v) is 9.41. The molecule has 0 fully saturated rings. The van der Waals surface area contributed by atoms with E-state index < -0.39 is 0 Å². The number of nitrogens with one attached hydrogen (secondary N) is 1. The van der Waals surface area contributed by atoms with Gasteiger partial charge in [-0.15, -0.1) is 34.2 Å². The number of fused-ring (bicyclic) bond motifs is 1. The zero-order valence-electron chi connectivity index (χ0n) is 16.5. The molecule has 0 saturated heterocycles. The highest BCUT2D eigenvalue weighted by Crippen LogP contribution is 2.28. The highest BCUT2D eigenvalue weighted by molar-refractivity contribution is 14.0. The van der Waals surface area contributed by atoms with Gasteiger partial charge in [0.25, 0.3) is 0 Å². The molecular weight excluding hydrogens is 471 g/mol. The van der Waals surface area contributed by atoms with Crippen molar-refractivity contribution in [1.29, 1.82) is 0 Å². The Morgan fingerprint density at radius 2 is 2.07 bits per heavy atom. The fourth-order valence-corrected chi connectivity index (χ4v) is 3.26. The van der Waals surface area contributed by atoms with Gasteiger partial charge in [-0.05, 0) is 31.4 Å². The Hall–Kier alpha value is -2.04. The summed E-state index contributed by atoms with van der Waals surface area (Å²) in [4.78, 5) is 4.41. The Morgan fingerprint density at radius 3 is 2.86 bits per heavy atom. The van der Waals surface area contributed by atoms with Gasteiger partial charge in [0, 0.05) is 32.0 Å². The van der Waals surface area contributed by atoms with E-state index >= 15 is 0 Å². The minimum atomic E-state index is 0. The van der Waals surface area contributed by atoms with Crippen molar-refractivity contribution in [3.63, 3.8) is 0 Å². The highest BCUT2D eigenvalue weighted by Gasteiger charge is 2.14. The number of rotatable bonds is 7. The van der Waals surface area contributed by atoms with Crippen molar-refractivity contribution in [3.8, 4) is 11.5 Å². The standard InChI is InChI=1S/C19H28N6O2.HI/c1-26-14-9-10-16(27-2)15(13-14)22-19(20)21-11-6-8-18-24-23-17-7-4-3-5-12-25(17)18;/h9-10,13H,3-8,11-12H2,1-2H3,(H3,20,21,22);1H. The molecule has 2 aromatic rings. The van der Waals surface area contributed by atoms with Crippen molar-refractivity contribution in [1.82, 2.24) is 14.8 Å². The topological polar surface area (TPSA) is 99.6 Å². The molecule has 2 heterocycles. The first-order chi connectivity index (χ1) is 13.2. The van der Waals surface area contributed by atoms with Crippen molar-refractivity contribution >= 4 is 35.6 Å². The van der Waals surface area contributed by atoms with Gasteiger partial charge in [0.1, 0.15) is 23.1 Å². The van der Waals surface area contributed by atoms with Crippen molar-refractivity contribution in [2.24, 2.45) is 10.7 Å². The smallest absolute Gasteiger partial charge is 0.193 e. The molecule has 154 valence electrons. The summed E-state index contributed by atoms with van der Waals surface area (Å²) < 4.78 is 12.9. The SMILES string of the molecule is COc1ccc(OC)c(NC(N)=NCCCc2nnc3n2CCCCC3)c1.I. The zero-order valence-corrected chi connectivity index (χ0v) is 18.8. The van der Waals surface area contributed by atoms with E-state index in [0.29, 0.717) is 18.3 Å². The van der Waals surface area contributed by atoms with E-state index in [1.54, 1.807) is 14.2 Å². The van der Waals surface area contributed by atoms with Crippen LogP contribution in [-0.4, -0.2) is 41.5 Å². The Balaban J connectivity index is 0.00000280. The molecule has 9 heteroatoms. The number of aryl methyl sites for hydroxylation is 2. The number of hydrogen-bond acceptors (Lipinski definition) is 5. The van der Waals surface area contributed by atoms with Gasteiger partial charge in [0.05, 0.1) is 19.9 Å². The number of aromatic nitrogens is 3. The lowest BCUT2D eigenvalue weighted by Crippen LogP contribution is -2.23. The second kappa shape index (κ2) is 11.1. The van der Waals surface area contributed by atoms with Crippen LogP contribution >= 0.6 is 24.0 Å². The second-order valence-corrected chi connectivity index (χ2v) is 6.56. The van der Waals surface area contributed by atoms with Crippen LogP contribution in [-0.2, 0) is 19.4 Å². The van der Waals surface area contributed by atoms with E-state index in [4.69, 9.17) is 15.2 Å². The van der Waals surface area contributed by atoms with Crippen LogP contribution in [0.3, 0.4) is 0 Å². The number of methoxy groups -OCH3 is 2. The third-order valence-electron chi connectivity index (χ3n) is 4.70. The number of anilines is 1. The minimum absolute atomic E-state index is 0. The molecule has 0 aliphatic carbocycles. The number of hydrogen-bond donors (Lipinski definition) is 2. The first-order valence-electron chi connectivity index (χ1n) is 9.41. The summed E-state index contributed by atoms with van der Waals surface area (Å²) >= 11 is 0. The summed E-state index contributed by atoms with van der Waals surface area (Å²) in [5.41, 5.74) is 6.74. The van der Waals surface area contributed by atoms with Gasteiger partial charge in [0.15, 0.2) is 5.96 Å². The van der Waals surface area contributed by atoms with Crippen molar-refractivity contribution in [3.05, 3.63) is 29.8 Å². The number of benzene rings is 1. The van der Waals surface area contributed by atoms with Crippen LogP contribution in [0.5, 0.6) is 11.5 Å². The molecule has 0 bridgehead atoms. The number of halogens is 1. The van der Waals surface area contributed by atoms with Crippen molar-refractivity contribution < 1.29 is 9.47 Å². The molecule has 1 aromatic carbocycles. The third kappa shape index (κ3) is 5.73. The zero-order chi connectivity index (χ0) is 19.1. The predicted molar refractivity (Wildman–Crippen MR) is 121 cm³/mol. The van der Waals surface area contributed by atoms with Crippen LogP contribution in [0.1, 0.15) is 37.3 Å². The molecule has 0 unspecified atom stereocenters. The summed E-state index contributed by atoms with van der Waals surface area (Å²) in [7, 11) is 3.23. The number of nitrogens with zero attached hydrogens (tertiary/aromatic N) is 4. The highest BCUT2D eigenvalue weighted by atomic mass is 127. The number of aliphatic imine (C=N–C) groups is 1. The number of guanidine groups is 1. The molecule has 0 amide bonds. The van der Waals surface area contributed by atoms with Gasteiger partial charge in [-0.3, -0.25) is 4.99 Å². The van der Waals surface area contributed by atoms with Gasteiger partial charge in [-0.25, -0.2) is 0 Å². The van der Waals surface area contributed by atoms with Crippen molar-refractivity contribution in [2.75, 3.05) is 26.1 Å². The first kappa shape index (κ1) is 22.3. The molecule has 0 radical (unpaired) electrons. The molecule has 8 nitrogen and oxygen atoms in total. The molecule has 0 saturated carbocycles. The summed E-state index contributed by atoms with van der Waals surface area (Å²) in [5.74, 6) is 3.93. The Morgan fingerprint density at radius 1 is 1.21 bits per heavy atom. The van der Waals surface area contributed by atoms with Gasteiger partial charge >= 0.3 is 0 Å². The molecule has 3 rings (SSSR count). The third-order valence-corrected chi connectivity index (χ3v) is 4.70. The van der Waals surface area contributed by atoms with E-state index in [-0.39, 0.29) is 24.0 Å². The van der Waals surface area contributed by atoms with Crippen LogP contribution in [0.15, 0.2) is 23.2 Å². The van der Waals surface area contributed by atoms with Crippen LogP contribution < -0.4 is 20.5 Å². The fraction of sp³-hybridized carbons (Fsp3) is 0.526. The summed E-state index contributed by atoms with van der Waals surface area (Å²) in [5, 5.41) is 11.8. The van der Waals surface area contributed by atoms with Gasteiger partial charge in [-0.1, -0.05) is 6.42 Å². The van der Waals surface area contributed by atoms with E-state index in [2.05, 4.69) is 25.1 Å². The molecule has 1 aliphatic rings. The summed E-state index contributed by atoms with van der Waals surface area (Å²) in [6.45, 7) is 1.65. The Bertz CT molecular complexity index is 793. The molecule has 0 atom stereocenters. The average Bonchev–Trinajstić information content (AvgIpc) is 2.91. The predicted octanol–water partition coefficient (Wildman–Crippen LogP) is 3.00. The maximum atomic E-state index is 6.02. The van der Waals surface area contributed by atoms with Gasteiger partial charge in [0.2, 0.25) is 0 Å². The largest absolute Gasteiger partial charge is 0.497 e. The monoisotopic (exact) mass is 500 g/mol. The van der Waals surface area contributed by atoms with Crippen LogP contribution in [0, 0.1) is 0 Å². The molecule has 0 spiro atoms. The maximum Gasteiger partial charge on any atom is 0.193 e. The number of ether oxygens (including phenoxy) is 2. The van der Waals surface area contributed by atoms with E-state index in [9.17, 15) is 0 Å². The molecule has 1 aliphatic heterocycles. The Labute approximate surface area is 182 Å². The fourth-order valence-electron chi connectivity index (χ4n) is 3.26. The normalized spacial score (nSPS) is 13.9. The van der Waals surface area contributed by atoms with Gasteiger partial charge in [-0.2, -0.15) is 0 Å². The summed E-state index contributed by atoms with van der Waals surface area (Å²) in [6.07, 6.45) is 6.43. The van der Waals surface area contributed by atoms with Crippen LogP contribution in [0.25, 0.3) is 0 Å². The van der Waals surface area contributed by atoms with Crippen LogP contribution in [0.2, 0.25) is 0 Å². The lowest BCUT2D eigenvalue weighted by Gasteiger charge is -2.12. The quantitative estimate of drug-likeness (QED) is 0.263. The molecule has 3 N–H and O–H groups in total. The van der Waals surface area contributed by atoms with E-state index in [0.717, 1.165) is 48.9 Å². The lowest BCUT2D eigenvalue weighted by molar-refractivity contribution is 0.405. The van der Waals surface area contributed by atoms with E-state index in [1.807, 2.05) is 18.2 Å². The van der Waals surface area contributed by atoms with Crippen molar-refractivity contribution in [2.45, 2.75) is 45.1 Å². The Kier molecular flexibility index (Phi) is 8.81. The second-order valence-electron chi connectivity index (χ2n) is 6.56. The number of nitrogens with two attached hydrogens (primary N) is 1. The van der Waals surface area contributed by atoms with Crippen LogP contribution in [0.4, 0.5) is 5.69 Å². The van der Waals surface area contributed by atoms with E-state index in [1.165, 1.54) is 19.3 Å². The molecule has 1 aromatic heterocycles.